The number of nitrogens with zero attached hydrogens (tertiary/aromatic N) is 4. The number of aliphatic carboxylic acids is 2. The lowest BCUT2D eigenvalue weighted by Crippen LogP contribution is -2.46. The van der Waals surface area contributed by atoms with Gasteiger partial charge in [-0.1, -0.05) is 0 Å². The van der Waals surface area contributed by atoms with E-state index in [1.807, 2.05) is 0 Å². The van der Waals surface area contributed by atoms with Crippen LogP contribution in [0.15, 0.2) is 49.1 Å². The lowest BCUT2D eigenvalue weighted by atomic mass is 10.2. The predicted molar refractivity (Wildman–Crippen MR) is 120 cm³/mol. The molecule has 2 amide bonds. The average Bonchev–Trinajstić information content (AvgIpc) is 2.80. The summed E-state index contributed by atoms with van der Waals surface area (Å²) in [6.07, 6.45) is 6.40. The molecule has 12 nitrogen and oxygen atoms in total. The van der Waals surface area contributed by atoms with Gasteiger partial charge >= 0.3 is 11.9 Å². The molecule has 2 rings (SSSR count). The smallest absolute Gasteiger partial charge is 0.317 e. The number of aromatic nitrogens is 2. The SMILES string of the molecule is O=C(O)CN(CCN(CC(=O)O)CC(=O)NCc1ccncc1)CC(=O)NCc1ccncc1. The molecule has 0 fully saturated rings. The van der Waals surface area contributed by atoms with E-state index in [1.165, 1.54) is 9.80 Å². The van der Waals surface area contributed by atoms with Gasteiger partial charge in [0.25, 0.3) is 0 Å². The van der Waals surface area contributed by atoms with Crippen LogP contribution in [0.1, 0.15) is 11.1 Å². The number of rotatable bonds is 15. The summed E-state index contributed by atoms with van der Waals surface area (Å²) in [6.45, 7) is -0.482. The van der Waals surface area contributed by atoms with Crippen molar-refractivity contribution in [3.05, 3.63) is 60.2 Å². The lowest BCUT2D eigenvalue weighted by molar-refractivity contribution is -0.141. The molecule has 0 saturated carbocycles. The maximum absolute atomic E-state index is 12.3. The van der Waals surface area contributed by atoms with Gasteiger partial charge in [0.1, 0.15) is 0 Å². The third-order valence-electron chi connectivity index (χ3n) is 4.66. The maximum Gasteiger partial charge on any atom is 0.317 e. The van der Waals surface area contributed by atoms with E-state index in [9.17, 15) is 29.4 Å². The number of carboxylic acid groups (broad SMARTS) is 2. The van der Waals surface area contributed by atoms with Gasteiger partial charge in [-0.25, -0.2) is 0 Å². The van der Waals surface area contributed by atoms with Gasteiger partial charge in [0.05, 0.1) is 26.2 Å². The minimum absolute atomic E-state index is 0.0832. The molecule has 34 heavy (non-hydrogen) atoms. The zero-order chi connectivity index (χ0) is 24.8. The van der Waals surface area contributed by atoms with Crippen molar-refractivity contribution in [1.82, 2.24) is 30.4 Å². The van der Waals surface area contributed by atoms with Gasteiger partial charge in [0.15, 0.2) is 0 Å². The highest BCUT2D eigenvalue weighted by Crippen LogP contribution is 1.98. The fourth-order valence-electron chi connectivity index (χ4n) is 3.01. The van der Waals surface area contributed by atoms with Crippen molar-refractivity contribution in [1.29, 1.82) is 0 Å². The molecule has 12 heteroatoms. The zero-order valence-electron chi connectivity index (χ0n) is 18.6. The topological polar surface area (TPSA) is 165 Å². The minimum Gasteiger partial charge on any atom is -0.480 e. The zero-order valence-corrected chi connectivity index (χ0v) is 18.6. The molecule has 2 heterocycles. The van der Waals surface area contributed by atoms with Crippen LogP contribution in [0, 0.1) is 0 Å². The number of carbonyl (C=O) groups excluding carboxylic acids is 2. The summed E-state index contributed by atoms with van der Waals surface area (Å²) in [7, 11) is 0. The van der Waals surface area contributed by atoms with Gasteiger partial charge in [-0.15, -0.1) is 0 Å². The van der Waals surface area contributed by atoms with Crippen LogP contribution >= 0.6 is 0 Å². The first-order chi connectivity index (χ1) is 16.3. The molecular weight excluding hydrogens is 444 g/mol. The molecular formula is C22H28N6O6. The first kappa shape index (κ1) is 26.4. The summed E-state index contributed by atoms with van der Waals surface area (Å²) in [4.78, 5) is 57.6. The lowest BCUT2D eigenvalue weighted by Gasteiger charge is -2.25. The van der Waals surface area contributed by atoms with Crippen molar-refractivity contribution in [3.63, 3.8) is 0 Å². The fourth-order valence-corrected chi connectivity index (χ4v) is 3.01. The number of pyridine rings is 2. The van der Waals surface area contributed by atoms with Crippen LogP contribution in [-0.2, 0) is 32.3 Å². The quantitative estimate of drug-likeness (QED) is 0.257. The van der Waals surface area contributed by atoms with E-state index < -0.39 is 25.0 Å². The van der Waals surface area contributed by atoms with Crippen LogP contribution in [0.2, 0.25) is 0 Å². The highest BCUT2D eigenvalue weighted by Gasteiger charge is 2.18. The predicted octanol–water partition coefficient (Wildman–Crippen LogP) is -0.818. The van der Waals surface area contributed by atoms with E-state index in [2.05, 4.69) is 20.6 Å². The van der Waals surface area contributed by atoms with E-state index in [4.69, 9.17) is 0 Å². The number of carbonyl (C=O) groups is 4. The Bertz CT molecular complexity index is 866. The normalized spacial score (nSPS) is 10.8. The van der Waals surface area contributed by atoms with Crippen LogP contribution in [0.25, 0.3) is 0 Å². The van der Waals surface area contributed by atoms with E-state index in [0.29, 0.717) is 0 Å². The van der Waals surface area contributed by atoms with Crippen LogP contribution in [0.3, 0.4) is 0 Å². The number of hydrogen-bond acceptors (Lipinski definition) is 8. The minimum atomic E-state index is -1.12. The monoisotopic (exact) mass is 472 g/mol. The third kappa shape index (κ3) is 11.1. The van der Waals surface area contributed by atoms with Gasteiger partial charge < -0.3 is 20.8 Å². The fraction of sp³-hybridized carbons (Fsp3) is 0.364. The standard InChI is InChI=1S/C22H28N6O6/c29-19(25-11-17-1-5-23-6-2-17)13-27(15-21(31)32)9-10-28(16-22(33)34)14-20(30)26-12-18-3-7-24-8-4-18/h1-8H,9-16H2,(H,25,29)(H,26,30)(H,31,32)(H,33,34). The molecule has 0 saturated heterocycles. The first-order valence-corrected chi connectivity index (χ1v) is 10.5. The van der Waals surface area contributed by atoms with Crippen molar-refractivity contribution in [3.8, 4) is 0 Å². The molecule has 0 radical (unpaired) electrons. The molecule has 0 spiro atoms. The molecule has 0 aromatic carbocycles. The Balaban J connectivity index is 1.87. The summed E-state index contributed by atoms with van der Waals surface area (Å²) in [6, 6.07) is 7.00. The molecule has 0 aliphatic rings. The van der Waals surface area contributed by atoms with Crippen LogP contribution in [-0.4, -0.2) is 93.0 Å². The van der Waals surface area contributed by atoms with Gasteiger partial charge in [-0.05, 0) is 35.4 Å². The van der Waals surface area contributed by atoms with Crippen LogP contribution in [0.5, 0.6) is 0 Å². The van der Waals surface area contributed by atoms with Crippen molar-refractivity contribution >= 4 is 23.8 Å². The van der Waals surface area contributed by atoms with Gasteiger partial charge in [0, 0.05) is 51.0 Å². The second kappa shape index (κ2) is 14.3. The van der Waals surface area contributed by atoms with Crippen molar-refractivity contribution in [2.75, 3.05) is 39.3 Å². The average molecular weight is 473 g/mol. The summed E-state index contributed by atoms with van der Waals surface area (Å²) in [5, 5.41) is 23.8. The Labute approximate surface area is 196 Å². The third-order valence-corrected chi connectivity index (χ3v) is 4.66. The molecule has 2 aromatic heterocycles. The van der Waals surface area contributed by atoms with Gasteiger partial charge in [-0.2, -0.15) is 0 Å². The highest BCUT2D eigenvalue weighted by atomic mass is 16.4. The van der Waals surface area contributed by atoms with Crippen molar-refractivity contribution < 1.29 is 29.4 Å². The van der Waals surface area contributed by atoms with Crippen molar-refractivity contribution in [2.45, 2.75) is 13.1 Å². The Morgan fingerprint density at radius 3 is 1.32 bits per heavy atom. The summed E-state index contributed by atoms with van der Waals surface area (Å²) in [5.74, 6) is -3.00. The largest absolute Gasteiger partial charge is 0.480 e. The molecule has 2 aromatic rings. The molecule has 0 atom stereocenters. The molecule has 0 aliphatic carbocycles. The molecule has 4 N–H and O–H groups in total. The summed E-state index contributed by atoms with van der Waals surface area (Å²) < 4.78 is 0. The number of nitrogens with one attached hydrogen (secondary N) is 2. The van der Waals surface area contributed by atoms with E-state index in [0.717, 1.165) is 11.1 Å². The second-order valence-corrected chi connectivity index (χ2v) is 7.47. The number of hydrogen-bond donors (Lipinski definition) is 4. The van der Waals surface area contributed by atoms with Crippen LogP contribution < -0.4 is 10.6 Å². The van der Waals surface area contributed by atoms with Crippen molar-refractivity contribution in [2.24, 2.45) is 0 Å². The summed E-state index contributed by atoms with van der Waals surface area (Å²) in [5.41, 5.74) is 1.69. The number of amides is 2. The first-order valence-electron chi connectivity index (χ1n) is 10.5. The number of carboxylic acids is 2. The van der Waals surface area contributed by atoms with E-state index >= 15 is 0 Å². The van der Waals surface area contributed by atoms with E-state index in [1.54, 1.807) is 49.1 Å². The Hall–Kier alpha value is -3.90. The highest BCUT2D eigenvalue weighted by molar-refractivity contribution is 5.79. The van der Waals surface area contributed by atoms with E-state index in [-0.39, 0.29) is 51.1 Å². The molecule has 0 unspecified atom stereocenters. The Morgan fingerprint density at radius 1 is 0.647 bits per heavy atom. The second-order valence-electron chi connectivity index (χ2n) is 7.47. The maximum atomic E-state index is 12.3. The Kier molecular flexibility index (Phi) is 11.1. The molecule has 182 valence electrons. The molecule has 0 aliphatic heterocycles. The van der Waals surface area contributed by atoms with Gasteiger partial charge in [-0.3, -0.25) is 38.9 Å². The van der Waals surface area contributed by atoms with Gasteiger partial charge in [0.2, 0.25) is 11.8 Å². The van der Waals surface area contributed by atoms with Crippen LogP contribution in [0.4, 0.5) is 0 Å². The molecule has 0 bridgehead atoms. The summed E-state index contributed by atoms with van der Waals surface area (Å²) >= 11 is 0. The Morgan fingerprint density at radius 2 is 1.00 bits per heavy atom.